The minimum absolute atomic E-state index is 0.875. The molecule has 1 atom stereocenters. The van der Waals surface area contributed by atoms with Crippen LogP contribution < -0.4 is 25.5 Å². The summed E-state index contributed by atoms with van der Waals surface area (Å²) in [6, 6.07) is 95.1. The maximum absolute atomic E-state index is 7.06. The van der Waals surface area contributed by atoms with Crippen molar-refractivity contribution in [3.63, 3.8) is 0 Å². The van der Waals surface area contributed by atoms with Crippen molar-refractivity contribution in [2.24, 2.45) is 0 Å². The molecule has 13 aromatic rings. The quantitative estimate of drug-likeness (QED) is 0.149. The Morgan fingerprint density at radius 1 is 0.286 bits per heavy atom. The molecule has 11 aromatic carbocycles. The zero-order valence-electron chi connectivity index (χ0n) is 38.1. The number of aromatic nitrogens is 1. The molecule has 3 heterocycles. The third kappa shape index (κ3) is 6.34. The number of rotatable bonds is 7. The number of nitrogens with zero attached hydrogens (tertiary/aromatic N) is 1. The lowest BCUT2D eigenvalue weighted by atomic mass is 10.0. The lowest BCUT2D eigenvalue weighted by molar-refractivity contribution is 0.487. The van der Waals surface area contributed by atoms with Gasteiger partial charge in [-0.3, -0.25) is 0 Å². The topological polar surface area (TPSA) is 27.3 Å². The molecule has 70 heavy (non-hydrogen) atoms. The third-order valence-electron chi connectivity index (χ3n) is 14.6. The SMILES string of the molecule is c1ccc(-c2ccc(-c3ccc([Si]4(c5cccc(-c6cccc(-n7c8ccccc8c8ccccc87)c6)c5)c5ccccc5Oc5cc(-c6ccc7c(c6)oc6ccccc67)ccc54)cc3)cc2)cc1. The molecule has 2 aromatic heterocycles. The number of hydrogen-bond acceptors (Lipinski definition) is 2. The monoisotopic (exact) mass is 909 g/mol. The normalized spacial score (nSPS) is 14.2. The summed E-state index contributed by atoms with van der Waals surface area (Å²) in [5.41, 5.74) is 14.6. The Hall–Kier alpha value is -8.96. The molecule has 0 bridgehead atoms. The van der Waals surface area contributed by atoms with E-state index in [1.807, 2.05) is 12.1 Å². The first-order chi connectivity index (χ1) is 34.7. The first-order valence-electron chi connectivity index (χ1n) is 24.0. The number of hydrogen-bond donors (Lipinski definition) is 0. The highest BCUT2D eigenvalue weighted by Gasteiger charge is 2.48. The van der Waals surface area contributed by atoms with E-state index in [9.17, 15) is 0 Å². The fourth-order valence-corrected chi connectivity index (χ4v) is 16.2. The lowest BCUT2D eigenvalue weighted by Gasteiger charge is -2.40. The molecular formula is C66H43NO2Si. The molecule has 328 valence electrons. The highest BCUT2D eigenvalue weighted by Crippen LogP contribution is 2.38. The molecule has 0 saturated carbocycles. The summed E-state index contributed by atoms with van der Waals surface area (Å²) < 4.78 is 15.8. The Morgan fingerprint density at radius 3 is 1.56 bits per heavy atom. The molecule has 1 aliphatic heterocycles. The van der Waals surface area contributed by atoms with Crippen molar-refractivity contribution in [1.82, 2.24) is 4.57 Å². The van der Waals surface area contributed by atoms with E-state index in [4.69, 9.17) is 9.15 Å². The molecule has 0 fully saturated rings. The molecule has 0 spiro atoms. The molecule has 3 nitrogen and oxygen atoms in total. The van der Waals surface area contributed by atoms with Crippen LogP contribution in [0.1, 0.15) is 0 Å². The molecule has 4 heteroatoms. The molecule has 1 aliphatic rings. The molecule has 0 saturated heterocycles. The van der Waals surface area contributed by atoms with Crippen LogP contribution in [0.25, 0.3) is 93.9 Å². The zero-order valence-corrected chi connectivity index (χ0v) is 39.1. The fraction of sp³-hybridized carbons (Fsp3) is 0. The first-order valence-corrected chi connectivity index (χ1v) is 26.0. The molecule has 0 radical (unpaired) electrons. The second kappa shape index (κ2) is 16.1. The number of para-hydroxylation sites is 4. The Labute approximate surface area is 406 Å². The van der Waals surface area contributed by atoms with Crippen molar-refractivity contribution in [3.8, 4) is 61.7 Å². The summed E-state index contributed by atoms with van der Waals surface area (Å²) in [6.07, 6.45) is 0. The van der Waals surface area contributed by atoms with Crippen LogP contribution >= 0.6 is 0 Å². The van der Waals surface area contributed by atoms with Gasteiger partial charge in [-0.05, 0) is 120 Å². The van der Waals surface area contributed by atoms with E-state index in [1.54, 1.807) is 0 Å². The molecule has 1 unspecified atom stereocenters. The number of fused-ring (bicyclic) bond motifs is 8. The maximum atomic E-state index is 7.06. The predicted molar refractivity (Wildman–Crippen MR) is 293 cm³/mol. The zero-order chi connectivity index (χ0) is 46.2. The van der Waals surface area contributed by atoms with Gasteiger partial charge >= 0.3 is 0 Å². The molecule has 14 rings (SSSR count). The van der Waals surface area contributed by atoms with Gasteiger partial charge in [0.1, 0.15) is 22.7 Å². The van der Waals surface area contributed by atoms with Gasteiger partial charge < -0.3 is 13.7 Å². The molecule has 0 N–H and O–H groups in total. The van der Waals surface area contributed by atoms with E-state index in [-0.39, 0.29) is 0 Å². The highest BCUT2D eigenvalue weighted by molar-refractivity contribution is 7.20. The van der Waals surface area contributed by atoms with E-state index < -0.39 is 8.07 Å². The van der Waals surface area contributed by atoms with Gasteiger partial charge in [0, 0.05) is 27.2 Å². The Balaban J connectivity index is 0.942. The van der Waals surface area contributed by atoms with Crippen molar-refractivity contribution in [2.75, 3.05) is 0 Å². The van der Waals surface area contributed by atoms with Crippen molar-refractivity contribution in [1.29, 1.82) is 0 Å². The molecule has 0 amide bonds. The van der Waals surface area contributed by atoms with Crippen molar-refractivity contribution in [3.05, 3.63) is 261 Å². The van der Waals surface area contributed by atoms with E-state index in [0.29, 0.717) is 0 Å². The Bertz CT molecular complexity index is 4100. The van der Waals surface area contributed by atoms with Gasteiger partial charge in [-0.1, -0.05) is 206 Å². The van der Waals surface area contributed by atoms with Crippen LogP contribution in [0, 0.1) is 0 Å². The minimum Gasteiger partial charge on any atom is -0.458 e. The van der Waals surface area contributed by atoms with Gasteiger partial charge in [-0.2, -0.15) is 0 Å². The smallest absolute Gasteiger partial charge is 0.188 e. The minimum atomic E-state index is -3.10. The average Bonchev–Trinajstić information content (AvgIpc) is 3.98. The fourth-order valence-electron chi connectivity index (χ4n) is 11.3. The van der Waals surface area contributed by atoms with Crippen LogP contribution in [-0.4, -0.2) is 12.6 Å². The average molecular weight is 910 g/mol. The van der Waals surface area contributed by atoms with Gasteiger partial charge in [0.15, 0.2) is 8.07 Å². The van der Waals surface area contributed by atoms with Crippen molar-refractivity contribution < 1.29 is 9.15 Å². The summed E-state index contributed by atoms with van der Waals surface area (Å²) in [7, 11) is -3.10. The summed E-state index contributed by atoms with van der Waals surface area (Å²) in [5, 5.41) is 9.78. The molecule has 0 aliphatic carbocycles. The number of benzene rings is 11. The number of furan rings is 1. The predicted octanol–water partition coefficient (Wildman–Crippen LogP) is 14.8. The van der Waals surface area contributed by atoms with Gasteiger partial charge in [-0.15, -0.1) is 0 Å². The second-order valence-corrected chi connectivity index (χ2v) is 22.1. The van der Waals surface area contributed by atoms with E-state index in [2.05, 4.69) is 253 Å². The van der Waals surface area contributed by atoms with E-state index in [0.717, 1.165) is 55.8 Å². The van der Waals surface area contributed by atoms with Crippen LogP contribution in [-0.2, 0) is 0 Å². The van der Waals surface area contributed by atoms with Crippen LogP contribution in [0.3, 0.4) is 0 Å². The Morgan fingerprint density at radius 2 is 0.800 bits per heavy atom. The summed E-state index contributed by atoms with van der Waals surface area (Å²) in [4.78, 5) is 0. The standard InChI is InChI=1S/C66H43NO2Si/c1-2-14-44(15-3-1)45-28-30-46(31-29-45)47-32-36-53(37-33-47)70(54-19-13-17-49(41-54)48-16-12-18-52(40-48)67-59-23-7-4-20-55(59)56-21-5-8-24-60(56)67)65-27-11-10-26-62(65)69-64-43-51(35-39-66(64)70)50-34-38-58-57-22-6-9-25-61(57)68-63(58)42-50/h1-43H. The van der Waals surface area contributed by atoms with Crippen LogP contribution in [0.5, 0.6) is 11.5 Å². The van der Waals surface area contributed by atoms with E-state index in [1.165, 1.54) is 70.4 Å². The lowest BCUT2D eigenvalue weighted by Crippen LogP contribution is -2.76. The summed E-state index contributed by atoms with van der Waals surface area (Å²) in [6.45, 7) is 0. The first kappa shape index (κ1) is 40.1. The van der Waals surface area contributed by atoms with E-state index >= 15 is 0 Å². The maximum Gasteiger partial charge on any atom is 0.188 e. The van der Waals surface area contributed by atoms with Crippen molar-refractivity contribution >= 4 is 72.6 Å². The largest absolute Gasteiger partial charge is 0.458 e. The third-order valence-corrected chi connectivity index (χ3v) is 19.4. The summed E-state index contributed by atoms with van der Waals surface area (Å²) >= 11 is 0. The van der Waals surface area contributed by atoms with Gasteiger partial charge in [0.2, 0.25) is 0 Å². The van der Waals surface area contributed by atoms with Crippen LogP contribution in [0.4, 0.5) is 0 Å². The summed E-state index contributed by atoms with van der Waals surface area (Å²) in [5.74, 6) is 1.78. The van der Waals surface area contributed by atoms with Gasteiger partial charge in [0.25, 0.3) is 0 Å². The highest BCUT2D eigenvalue weighted by atomic mass is 28.3. The van der Waals surface area contributed by atoms with Crippen LogP contribution in [0.2, 0.25) is 0 Å². The molecular weight excluding hydrogens is 867 g/mol. The number of ether oxygens (including phenoxy) is 1. The van der Waals surface area contributed by atoms with Crippen molar-refractivity contribution in [2.45, 2.75) is 0 Å². The van der Waals surface area contributed by atoms with Gasteiger partial charge in [0.05, 0.1) is 11.0 Å². The van der Waals surface area contributed by atoms with Gasteiger partial charge in [-0.25, -0.2) is 0 Å². The van der Waals surface area contributed by atoms with Crippen LogP contribution in [0.15, 0.2) is 265 Å². The second-order valence-electron chi connectivity index (χ2n) is 18.4. The Kier molecular flexibility index (Phi) is 9.23.